The Balaban J connectivity index is 0.00000225. The smallest absolute Gasteiger partial charge is 0.0766 e. The first-order valence-corrected chi connectivity index (χ1v) is 6.03. The van der Waals surface area contributed by atoms with Gasteiger partial charge in [0.25, 0.3) is 0 Å². The van der Waals surface area contributed by atoms with Gasteiger partial charge in [-0.1, -0.05) is 24.3 Å². The molecule has 0 aromatic heterocycles. The molecule has 92 valence electrons. The first kappa shape index (κ1) is 15.5. The van der Waals surface area contributed by atoms with Gasteiger partial charge in [0.2, 0.25) is 0 Å². The maximum Gasteiger partial charge on any atom is 0.0766 e. The first-order chi connectivity index (χ1) is 7.20. The van der Waals surface area contributed by atoms with Crippen molar-refractivity contribution in [1.29, 1.82) is 0 Å². The van der Waals surface area contributed by atoms with Crippen LogP contribution in [0.4, 0.5) is 0 Å². The van der Waals surface area contributed by atoms with Gasteiger partial charge in [-0.25, -0.2) is 0 Å². The molecule has 0 aliphatic heterocycles. The minimum Gasteiger partial charge on any atom is -1.00 e. The van der Waals surface area contributed by atoms with Crippen LogP contribution in [0.25, 0.3) is 0 Å². The molecule has 1 rings (SSSR count). The fourth-order valence-corrected chi connectivity index (χ4v) is 1.86. The van der Waals surface area contributed by atoms with E-state index in [1.54, 1.807) is 4.90 Å². The second-order valence-electron chi connectivity index (χ2n) is 4.69. The van der Waals surface area contributed by atoms with Gasteiger partial charge in [-0.3, -0.25) is 0 Å². The summed E-state index contributed by atoms with van der Waals surface area (Å²) in [5.74, 6) is 0. The summed E-state index contributed by atoms with van der Waals surface area (Å²) in [7, 11) is 4.45. The van der Waals surface area contributed by atoms with Crippen molar-refractivity contribution in [1.82, 2.24) is 0 Å². The van der Waals surface area contributed by atoms with E-state index in [2.05, 4.69) is 45.3 Å². The van der Waals surface area contributed by atoms with Crippen molar-refractivity contribution in [3.63, 3.8) is 0 Å². The molecule has 0 unspecified atom stereocenters. The van der Waals surface area contributed by atoms with Gasteiger partial charge in [0, 0.05) is 0 Å². The molecule has 0 bridgehead atoms. The summed E-state index contributed by atoms with van der Waals surface area (Å²) in [6, 6.07) is 8.73. The summed E-state index contributed by atoms with van der Waals surface area (Å²) in [4.78, 5) is 1.56. The number of nitrogens with one attached hydrogen (secondary N) is 1. The van der Waals surface area contributed by atoms with Gasteiger partial charge >= 0.3 is 0 Å². The molecule has 0 heterocycles. The maximum atomic E-state index is 2.26. The number of rotatable bonds is 6. The largest absolute Gasteiger partial charge is 1.00 e. The van der Waals surface area contributed by atoms with Gasteiger partial charge in [-0.05, 0) is 43.7 Å². The van der Waals surface area contributed by atoms with Crippen LogP contribution < -0.4 is 17.3 Å². The van der Waals surface area contributed by atoms with Crippen LogP contribution in [0, 0.1) is 6.92 Å². The van der Waals surface area contributed by atoms with Gasteiger partial charge in [0.1, 0.15) is 0 Å². The topological polar surface area (TPSA) is 4.44 Å². The summed E-state index contributed by atoms with van der Waals surface area (Å²) in [6.45, 7) is 3.51. The van der Waals surface area contributed by atoms with E-state index in [9.17, 15) is 0 Å². The minimum absolute atomic E-state index is 0. The number of benzene rings is 1. The maximum absolute atomic E-state index is 2.26. The zero-order chi connectivity index (χ0) is 11.1. The standard InChI is InChI=1S/C14H23N.ClH/c1-13-9-6-7-11-14(13)10-5-4-8-12-15(2)3;/h6-7,9,11H,4-5,8,10,12H2,1-3H3;1H. The summed E-state index contributed by atoms with van der Waals surface area (Å²) in [5.41, 5.74) is 2.96. The first-order valence-electron chi connectivity index (χ1n) is 6.03. The van der Waals surface area contributed by atoms with E-state index in [0.717, 1.165) is 0 Å². The molecule has 0 fully saturated rings. The van der Waals surface area contributed by atoms with E-state index in [0.29, 0.717) is 0 Å². The normalized spacial score (nSPS) is 10.2. The fourth-order valence-electron chi connectivity index (χ4n) is 1.86. The van der Waals surface area contributed by atoms with Crippen molar-refractivity contribution in [2.24, 2.45) is 0 Å². The molecule has 1 aromatic carbocycles. The van der Waals surface area contributed by atoms with Crippen LogP contribution in [0.1, 0.15) is 30.4 Å². The average Bonchev–Trinajstić information content (AvgIpc) is 2.20. The van der Waals surface area contributed by atoms with Crippen molar-refractivity contribution in [2.45, 2.75) is 32.6 Å². The van der Waals surface area contributed by atoms with E-state index < -0.39 is 0 Å². The highest BCUT2D eigenvalue weighted by molar-refractivity contribution is 5.25. The highest BCUT2D eigenvalue weighted by atomic mass is 35.5. The van der Waals surface area contributed by atoms with Crippen LogP contribution in [0.15, 0.2) is 24.3 Å². The Hall–Kier alpha value is -0.530. The number of aryl methyl sites for hydroxylation is 2. The van der Waals surface area contributed by atoms with Gasteiger partial charge in [0.15, 0.2) is 0 Å². The van der Waals surface area contributed by atoms with Gasteiger partial charge in [-0.2, -0.15) is 0 Å². The van der Waals surface area contributed by atoms with E-state index in [-0.39, 0.29) is 12.4 Å². The molecule has 0 atom stereocenters. The van der Waals surface area contributed by atoms with Gasteiger partial charge in [-0.15, -0.1) is 0 Å². The Morgan fingerprint density at radius 2 is 1.69 bits per heavy atom. The summed E-state index contributed by atoms with van der Waals surface area (Å²) in [5, 5.41) is 0. The van der Waals surface area contributed by atoms with E-state index in [4.69, 9.17) is 0 Å². The van der Waals surface area contributed by atoms with Crippen molar-refractivity contribution >= 4 is 0 Å². The fraction of sp³-hybridized carbons (Fsp3) is 0.571. The summed E-state index contributed by atoms with van der Waals surface area (Å²) < 4.78 is 0. The van der Waals surface area contributed by atoms with Crippen LogP contribution in [-0.4, -0.2) is 20.6 Å². The summed E-state index contributed by atoms with van der Waals surface area (Å²) in [6.07, 6.45) is 5.29. The molecular weight excluding hydrogens is 218 g/mol. The molecular formula is C14H24ClN. The molecule has 0 spiro atoms. The molecule has 0 saturated carbocycles. The molecule has 1 aromatic rings. The Morgan fingerprint density at radius 3 is 2.31 bits per heavy atom. The molecule has 0 radical (unpaired) electrons. The predicted molar refractivity (Wildman–Crippen MR) is 66.4 cm³/mol. The number of quaternary nitrogens is 1. The second kappa shape index (κ2) is 8.60. The van der Waals surface area contributed by atoms with Crippen LogP contribution in [-0.2, 0) is 6.42 Å². The van der Waals surface area contributed by atoms with Gasteiger partial charge in [0.05, 0.1) is 20.6 Å². The Kier molecular flexibility index (Phi) is 8.32. The number of hydrogen-bond acceptors (Lipinski definition) is 0. The lowest BCUT2D eigenvalue weighted by atomic mass is 10.0. The average molecular weight is 242 g/mol. The molecule has 0 aliphatic carbocycles. The lowest BCUT2D eigenvalue weighted by Crippen LogP contribution is -3.05. The van der Waals surface area contributed by atoms with Crippen molar-refractivity contribution < 1.29 is 17.3 Å². The molecule has 0 aliphatic rings. The highest BCUT2D eigenvalue weighted by Crippen LogP contribution is 2.10. The SMILES string of the molecule is Cc1ccccc1CCCCC[NH+](C)C.[Cl-]. The quantitative estimate of drug-likeness (QED) is 0.601. The molecule has 1 N–H and O–H groups in total. The summed E-state index contributed by atoms with van der Waals surface area (Å²) >= 11 is 0. The third-order valence-corrected chi connectivity index (χ3v) is 2.88. The molecule has 0 amide bonds. The Morgan fingerprint density at radius 1 is 1.00 bits per heavy atom. The van der Waals surface area contributed by atoms with Gasteiger partial charge < -0.3 is 17.3 Å². The van der Waals surface area contributed by atoms with Crippen LogP contribution in [0.5, 0.6) is 0 Å². The van der Waals surface area contributed by atoms with Crippen molar-refractivity contribution in [2.75, 3.05) is 20.6 Å². The zero-order valence-corrected chi connectivity index (χ0v) is 11.5. The van der Waals surface area contributed by atoms with Crippen LogP contribution in [0.2, 0.25) is 0 Å². The molecule has 16 heavy (non-hydrogen) atoms. The molecule has 0 saturated heterocycles. The lowest BCUT2D eigenvalue weighted by Gasteiger charge is -2.07. The lowest BCUT2D eigenvalue weighted by molar-refractivity contribution is -0.858. The number of hydrogen-bond donors (Lipinski definition) is 1. The Labute approximate surface area is 106 Å². The molecule has 2 heteroatoms. The van der Waals surface area contributed by atoms with Crippen molar-refractivity contribution in [3.8, 4) is 0 Å². The minimum atomic E-state index is 0. The third-order valence-electron chi connectivity index (χ3n) is 2.88. The molecule has 1 nitrogen and oxygen atoms in total. The van der Waals surface area contributed by atoms with E-state index in [1.807, 2.05) is 0 Å². The van der Waals surface area contributed by atoms with Crippen LogP contribution in [0.3, 0.4) is 0 Å². The highest BCUT2D eigenvalue weighted by Gasteiger charge is 1.98. The van der Waals surface area contributed by atoms with Crippen molar-refractivity contribution in [3.05, 3.63) is 35.4 Å². The number of unbranched alkanes of at least 4 members (excludes halogenated alkanes) is 2. The monoisotopic (exact) mass is 241 g/mol. The predicted octanol–water partition coefficient (Wildman–Crippen LogP) is -1.14. The second-order valence-corrected chi connectivity index (χ2v) is 4.69. The zero-order valence-electron chi connectivity index (χ0n) is 10.7. The van der Waals surface area contributed by atoms with E-state index in [1.165, 1.54) is 43.4 Å². The third kappa shape index (κ3) is 6.14. The van der Waals surface area contributed by atoms with E-state index >= 15 is 0 Å². The number of halogens is 1. The Bertz CT molecular complexity index is 284. The van der Waals surface area contributed by atoms with Crippen LogP contribution >= 0.6 is 0 Å².